The molecule has 1 aliphatic rings. The van der Waals surface area contributed by atoms with Gasteiger partial charge in [-0.15, -0.1) is 0 Å². The standard InChI is InChI=1S/C5H11N/c1-2-4-6-5-3-1/h6H,1-5H2/i1D2,2D2,3D2,4D2. The van der Waals surface area contributed by atoms with Gasteiger partial charge in [-0.3, -0.25) is 0 Å². The molecule has 1 heterocycles. The largest absolute Gasteiger partial charge is 0.317 e. The molecular weight excluding hydrogens is 74.1 g/mol. The van der Waals surface area contributed by atoms with Crippen molar-refractivity contribution in [3.8, 4) is 0 Å². The summed E-state index contributed by atoms with van der Waals surface area (Å²) >= 11 is 0. The summed E-state index contributed by atoms with van der Waals surface area (Å²) in [5, 5.41) is 2.04. The molecule has 6 heavy (non-hydrogen) atoms. The Morgan fingerprint density at radius 3 is 3.17 bits per heavy atom. The van der Waals surface area contributed by atoms with Gasteiger partial charge in [-0.25, -0.2) is 0 Å². The van der Waals surface area contributed by atoms with Gasteiger partial charge in [0, 0.05) is 11.0 Å². The second kappa shape index (κ2) is 2.19. The lowest BCUT2D eigenvalue weighted by Gasteiger charge is -2.08. The van der Waals surface area contributed by atoms with Gasteiger partial charge in [0.1, 0.15) is 0 Å². The van der Waals surface area contributed by atoms with Crippen LogP contribution in [0.25, 0.3) is 0 Å². The fraction of sp³-hybridized carbons (Fsp3) is 1.00. The second-order valence-corrected chi connectivity index (χ2v) is 0.905. The minimum Gasteiger partial charge on any atom is -0.317 e. The quantitative estimate of drug-likeness (QED) is 0.466. The monoisotopic (exact) mass is 93.1 g/mol. The van der Waals surface area contributed by atoms with Gasteiger partial charge in [-0.1, -0.05) is 6.37 Å². The molecule has 0 atom stereocenters. The van der Waals surface area contributed by atoms with Crippen LogP contribution >= 0.6 is 0 Å². The molecule has 0 saturated carbocycles. The Bertz CT molecular complexity index is 220. The number of hydrogen-bond donors (Lipinski definition) is 1. The Hall–Kier alpha value is -0.0400. The van der Waals surface area contributed by atoms with Gasteiger partial charge >= 0.3 is 0 Å². The Morgan fingerprint density at radius 1 is 1.33 bits per heavy atom. The molecule has 0 bridgehead atoms. The molecule has 0 radical (unpaired) electrons. The molecule has 36 valence electrons. The van der Waals surface area contributed by atoms with Crippen molar-refractivity contribution in [2.75, 3.05) is 13.0 Å². The first-order chi connectivity index (χ1) is 5.96. The van der Waals surface area contributed by atoms with Crippen LogP contribution < -0.4 is 5.32 Å². The molecule has 0 spiro atoms. The zero-order valence-electron chi connectivity index (χ0n) is 11.2. The summed E-state index contributed by atoms with van der Waals surface area (Å²) in [6, 6.07) is 0. The van der Waals surface area contributed by atoms with E-state index in [9.17, 15) is 0 Å². The minimum atomic E-state index is -2.91. The fourth-order valence-corrected chi connectivity index (χ4v) is 0.252. The lowest BCUT2D eigenvalue weighted by molar-refractivity contribution is 0.520. The normalized spacial score (nSPS) is 77.3. The van der Waals surface area contributed by atoms with Crippen molar-refractivity contribution in [2.45, 2.75) is 19.1 Å². The van der Waals surface area contributed by atoms with E-state index in [0.29, 0.717) is 0 Å². The molecule has 1 rings (SSSR count). The number of rotatable bonds is 0. The van der Waals surface area contributed by atoms with Crippen LogP contribution in [0.15, 0.2) is 0 Å². The van der Waals surface area contributed by atoms with Crippen LogP contribution in [-0.4, -0.2) is 13.0 Å². The van der Waals surface area contributed by atoms with E-state index in [4.69, 9.17) is 11.0 Å². The van der Waals surface area contributed by atoms with Crippen LogP contribution in [0.3, 0.4) is 0 Å². The summed E-state index contributed by atoms with van der Waals surface area (Å²) in [4.78, 5) is 0. The first kappa shape index (κ1) is 0.752. The van der Waals surface area contributed by atoms with Crippen LogP contribution in [0.1, 0.15) is 30.1 Å². The molecule has 0 aromatic rings. The van der Waals surface area contributed by atoms with Gasteiger partial charge in [0.15, 0.2) is 0 Å². The summed E-state index contributed by atoms with van der Waals surface area (Å²) in [5.41, 5.74) is 0. The summed E-state index contributed by atoms with van der Waals surface area (Å²) < 4.78 is 58.3. The smallest absolute Gasteiger partial charge is 0.0428 e. The predicted octanol–water partition coefficient (Wildman–Crippen LogP) is 0.760. The van der Waals surface area contributed by atoms with Crippen molar-refractivity contribution in [1.82, 2.24) is 5.32 Å². The molecule has 0 aromatic heterocycles. The van der Waals surface area contributed by atoms with Crippen molar-refractivity contribution in [3.05, 3.63) is 0 Å². The summed E-state index contributed by atoms with van der Waals surface area (Å²) in [7, 11) is 0. The van der Waals surface area contributed by atoms with E-state index in [0.717, 1.165) is 0 Å². The predicted molar refractivity (Wildman–Crippen MR) is 26.7 cm³/mol. The van der Waals surface area contributed by atoms with E-state index in [1.54, 1.807) is 0 Å². The summed E-state index contributed by atoms with van der Waals surface area (Å²) in [5.74, 6) is 0. The highest BCUT2D eigenvalue weighted by Gasteiger charge is 1.93. The second-order valence-electron chi connectivity index (χ2n) is 0.905. The van der Waals surface area contributed by atoms with Crippen molar-refractivity contribution in [3.63, 3.8) is 0 Å². The minimum absolute atomic E-state index is 0.549. The molecule has 1 heteroatoms. The first-order valence-corrected chi connectivity index (χ1v) is 1.71. The highest BCUT2D eigenvalue weighted by atomic mass is 14.9. The Kier molecular flexibility index (Phi) is 0.275. The molecule has 0 aliphatic carbocycles. The van der Waals surface area contributed by atoms with E-state index in [1.165, 1.54) is 0 Å². The molecular formula is C5H11N. The Balaban J connectivity index is 3.20. The van der Waals surface area contributed by atoms with Crippen molar-refractivity contribution >= 4 is 0 Å². The molecule has 1 N–H and O–H groups in total. The van der Waals surface area contributed by atoms with Crippen molar-refractivity contribution < 1.29 is 11.0 Å². The Labute approximate surface area is 50.0 Å². The van der Waals surface area contributed by atoms with Crippen molar-refractivity contribution in [1.29, 1.82) is 0 Å². The van der Waals surface area contributed by atoms with Gasteiger partial charge in [0.25, 0.3) is 0 Å². The van der Waals surface area contributed by atoms with Crippen LogP contribution in [0.5, 0.6) is 0 Å². The summed E-state index contributed by atoms with van der Waals surface area (Å²) in [6.45, 7) is -3.12. The SMILES string of the molecule is [2H]C1([2H])CNC([2H])([2H])C([2H])([2H])C1([2H])[2H]. The molecule has 1 saturated heterocycles. The van der Waals surface area contributed by atoms with E-state index in [1.807, 2.05) is 5.32 Å². The third kappa shape index (κ3) is 0.977. The van der Waals surface area contributed by atoms with E-state index in [-0.39, 0.29) is 0 Å². The van der Waals surface area contributed by atoms with Gasteiger partial charge in [0.2, 0.25) is 0 Å². The maximum absolute atomic E-state index is 7.32. The topological polar surface area (TPSA) is 12.0 Å². The number of nitrogens with one attached hydrogen (secondary N) is 1. The Morgan fingerprint density at radius 2 is 2.33 bits per heavy atom. The molecule has 0 unspecified atom stereocenters. The van der Waals surface area contributed by atoms with E-state index >= 15 is 0 Å². The fourth-order valence-electron chi connectivity index (χ4n) is 0.252. The maximum atomic E-state index is 7.32. The van der Waals surface area contributed by atoms with Gasteiger partial charge in [-0.2, -0.15) is 0 Å². The van der Waals surface area contributed by atoms with Gasteiger partial charge in [-0.05, 0) is 25.8 Å². The third-order valence-corrected chi connectivity index (χ3v) is 0.479. The first-order valence-electron chi connectivity index (χ1n) is 5.71. The molecule has 0 amide bonds. The lowest BCUT2D eigenvalue weighted by atomic mass is 10.2. The third-order valence-electron chi connectivity index (χ3n) is 0.479. The maximum Gasteiger partial charge on any atom is 0.0428 e. The van der Waals surface area contributed by atoms with Crippen LogP contribution in [0.2, 0.25) is 0 Å². The van der Waals surface area contributed by atoms with Crippen LogP contribution in [0, 0.1) is 0 Å². The van der Waals surface area contributed by atoms with Gasteiger partial charge < -0.3 is 5.32 Å². The molecule has 1 nitrogen and oxygen atoms in total. The highest BCUT2D eigenvalue weighted by Crippen LogP contribution is 1.96. The van der Waals surface area contributed by atoms with Crippen LogP contribution in [0.4, 0.5) is 0 Å². The molecule has 1 fully saturated rings. The molecule has 0 aromatic carbocycles. The average molecular weight is 93.2 g/mol. The van der Waals surface area contributed by atoms with Crippen LogP contribution in [-0.2, 0) is 0 Å². The molecule has 1 aliphatic heterocycles. The van der Waals surface area contributed by atoms with Gasteiger partial charge in [0.05, 0.1) is 0 Å². The average Bonchev–Trinajstić information content (AvgIpc) is 1.98. The van der Waals surface area contributed by atoms with E-state index in [2.05, 4.69) is 0 Å². The van der Waals surface area contributed by atoms with Crippen molar-refractivity contribution in [2.24, 2.45) is 0 Å². The van der Waals surface area contributed by atoms with E-state index < -0.39 is 32.2 Å². The number of piperidine rings is 1. The zero-order valence-corrected chi connectivity index (χ0v) is 3.21. The lowest BCUT2D eigenvalue weighted by Crippen LogP contribution is -2.21. The highest BCUT2D eigenvalue weighted by molar-refractivity contribution is 4.55. The summed E-state index contributed by atoms with van der Waals surface area (Å²) in [6.07, 6.45) is -8.21. The zero-order chi connectivity index (χ0) is 11.4. The number of hydrogen-bond acceptors (Lipinski definition) is 1.